The Morgan fingerprint density at radius 1 is 1.44 bits per heavy atom. The number of nitrogens with one attached hydrogen (secondary N) is 1. The molecule has 7 nitrogen and oxygen atoms in total. The van der Waals surface area contributed by atoms with Gasteiger partial charge < -0.3 is 9.26 Å². The number of rotatable bonds is 6. The molecule has 18 heavy (non-hydrogen) atoms. The molecule has 0 aliphatic rings. The van der Waals surface area contributed by atoms with E-state index < -0.39 is 16.0 Å². The van der Waals surface area contributed by atoms with Crippen molar-refractivity contribution in [2.75, 3.05) is 17.6 Å². The Balaban J connectivity index is 2.55. The summed E-state index contributed by atoms with van der Waals surface area (Å²) in [6.45, 7) is 3.42. The Hall–Kier alpha value is -1.57. The van der Waals surface area contributed by atoms with E-state index in [4.69, 9.17) is 4.52 Å². The first-order chi connectivity index (χ1) is 8.35. The highest BCUT2D eigenvalue weighted by Crippen LogP contribution is 2.18. The highest BCUT2D eigenvalue weighted by molar-refractivity contribution is 7.92. The van der Waals surface area contributed by atoms with Gasteiger partial charge in [0.1, 0.15) is 0 Å². The average molecular weight is 276 g/mol. The maximum atomic E-state index is 11.7. The number of hydrogen-bond acceptors (Lipinski definition) is 6. The Bertz CT molecular complexity index is 520. The second kappa shape index (κ2) is 5.85. The summed E-state index contributed by atoms with van der Waals surface area (Å²) in [5, 5.41) is 3.65. The summed E-state index contributed by atoms with van der Waals surface area (Å²) in [6, 6.07) is 0. The molecule has 0 aliphatic carbocycles. The van der Waals surface area contributed by atoms with Crippen LogP contribution in [0.1, 0.15) is 24.1 Å². The third-order valence-electron chi connectivity index (χ3n) is 2.43. The Morgan fingerprint density at radius 3 is 2.61 bits per heavy atom. The fraction of sp³-hybridized carbons (Fsp3) is 0.600. The lowest BCUT2D eigenvalue weighted by Crippen LogP contribution is -2.17. The molecule has 0 saturated heterocycles. The second-order valence-electron chi connectivity index (χ2n) is 3.82. The van der Waals surface area contributed by atoms with Crippen LogP contribution < -0.4 is 4.72 Å². The molecule has 0 fully saturated rings. The summed E-state index contributed by atoms with van der Waals surface area (Å²) in [5.41, 5.74) is 1.27. The largest absolute Gasteiger partial charge is 0.469 e. The van der Waals surface area contributed by atoms with Crippen molar-refractivity contribution in [3.05, 3.63) is 11.3 Å². The van der Waals surface area contributed by atoms with Crippen LogP contribution >= 0.6 is 0 Å². The minimum atomic E-state index is -3.54. The zero-order valence-corrected chi connectivity index (χ0v) is 11.3. The van der Waals surface area contributed by atoms with Crippen molar-refractivity contribution in [2.45, 2.75) is 26.7 Å². The molecule has 0 aliphatic heterocycles. The molecule has 0 saturated carbocycles. The molecule has 102 valence electrons. The Morgan fingerprint density at radius 2 is 2.11 bits per heavy atom. The molecular formula is C10H16N2O5S. The van der Waals surface area contributed by atoms with E-state index >= 15 is 0 Å². The van der Waals surface area contributed by atoms with Gasteiger partial charge in [0.25, 0.3) is 0 Å². The van der Waals surface area contributed by atoms with Gasteiger partial charge in [-0.3, -0.25) is 9.52 Å². The zero-order chi connectivity index (χ0) is 13.8. The first-order valence-corrected chi connectivity index (χ1v) is 7.01. The predicted molar refractivity (Wildman–Crippen MR) is 64.6 cm³/mol. The first kappa shape index (κ1) is 14.5. The van der Waals surface area contributed by atoms with Crippen molar-refractivity contribution in [3.8, 4) is 0 Å². The van der Waals surface area contributed by atoms with Gasteiger partial charge in [-0.25, -0.2) is 8.42 Å². The molecule has 1 heterocycles. The highest BCUT2D eigenvalue weighted by Gasteiger charge is 2.17. The highest BCUT2D eigenvalue weighted by atomic mass is 32.2. The van der Waals surface area contributed by atoms with E-state index in [1.807, 2.05) is 0 Å². The van der Waals surface area contributed by atoms with Crippen molar-refractivity contribution in [2.24, 2.45) is 0 Å². The molecule has 1 aromatic rings. The maximum absolute atomic E-state index is 11.7. The van der Waals surface area contributed by atoms with Gasteiger partial charge in [-0.05, 0) is 20.3 Å². The van der Waals surface area contributed by atoms with E-state index in [2.05, 4.69) is 14.6 Å². The lowest BCUT2D eigenvalue weighted by molar-refractivity contribution is -0.140. The SMILES string of the molecule is COC(=O)CCCS(=O)(=O)Nc1onc(C)c1C. The number of carbonyl (C=O) groups excluding carboxylic acids is 1. The van der Waals surface area contributed by atoms with Crippen LogP contribution in [0, 0.1) is 13.8 Å². The first-order valence-electron chi connectivity index (χ1n) is 5.36. The van der Waals surface area contributed by atoms with Gasteiger partial charge in [0.2, 0.25) is 15.9 Å². The lowest BCUT2D eigenvalue weighted by Gasteiger charge is -2.04. The fourth-order valence-electron chi connectivity index (χ4n) is 1.21. The number of aryl methyl sites for hydroxylation is 1. The van der Waals surface area contributed by atoms with Crippen molar-refractivity contribution in [1.29, 1.82) is 0 Å². The quantitative estimate of drug-likeness (QED) is 0.778. The van der Waals surface area contributed by atoms with E-state index in [0.717, 1.165) is 0 Å². The molecule has 0 amide bonds. The van der Waals surface area contributed by atoms with E-state index in [-0.39, 0.29) is 24.5 Å². The third-order valence-corrected chi connectivity index (χ3v) is 3.75. The van der Waals surface area contributed by atoms with E-state index in [9.17, 15) is 13.2 Å². The van der Waals surface area contributed by atoms with Gasteiger partial charge >= 0.3 is 5.97 Å². The van der Waals surface area contributed by atoms with E-state index in [1.54, 1.807) is 13.8 Å². The minimum Gasteiger partial charge on any atom is -0.469 e. The smallest absolute Gasteiger partial charge is 0.305 e. The maximum Gasteiger partial charge on any atom is 0.305 e. The monoisotopic (exact) mass is 276 g/mol. The van der Waals surface area contributed by atoms with Gasteiger partial charge in [-0.1, -0.05) is 5.16 Å². The molecule has 8 heteroatoms. The van der Waals surface area contributed by atoms with Gasteiger partial charge in [-0.2, -0.15) is 0 Å². The number of ether oxygens (including phenoxy) is 1. The van der Waals surface area contributed by atoms with E-state index in [0.29, 0.717) is 11.3 Å². The molecular weight excluding hydrogens is 260 g/mol. The van der Waals surface area contributed by atoms with Crippen LogP contribution in [0.15, 0.2) is 4.52 Å². The number of aromatic nitrogens is 1. The molecule has 1 rings (SSSR count). The fourth-order valence-corrected chi connectivity index (χ4v) is 2.31. The number of esters is 1. The van der Waals surface area contributed by atoms with E-state index in [1.165, 1.54) is 7.11 Å². The van der Waals surface area contributed by atoms with Crippen LogP contribution in [0.25, 0.3) is 0 Å². The Kier molecular flexibility index (Phi) is 4.71. The van der Waals surface area contributed by atoms with Crippen molar-refractivity contribution in [1.82, 2.24) is 5.16 Å². The average Bonchev–Trinajstić information content (AvgIpc) is 2.60. The van der Waals surface area contributed by atoms with Crippen LogP contribution in [0.4, 0.5) is 5.88 Å². The molecule has 0 radical (unpaired) electrons. The zero-order valence-electron chi connectivity index (χ0n) is 10.5. The molecule has 1 aromatic heterocycles. The van der Waals surface area contributed by atoms with Crippen molar-refractivity contribution < 1.29 is 22.5 Å². The molecule has 0 bridgehead atoms. The third kappa shape index (κ3) is 4.02. The lowest BCUT2D eigenvalue weighted by atomic mass is 10.3. The molecule has 0 aromatic carbocycles. The van der Waals surface area contributed by atoms with Crippen LogP contribution in [0.5, 0.6) is 0 Å². The second-order valence-corrected chi connectivity index (χ2v) is 5.66. The summed E-state index contributed by atoms with van der Waals surface area (Å²) in [6.07, 6.45) is 0.250. The number of anilines is 1. The van der Waals surface area contributed by atoms with Gasteiger partial charge in [0.05, 0.1) is 18.6 Å². The van der Waals surface area contributed by atoms with Crippen molar-refractivity contribution in [3.63, 3.8) is 0 Å². The molecule has 0 spiro atoms. The topological polar surface area (TPSA) is 98.5 Å². The minimum absolute atomic E-state index is 0.0613. The Labute approximate surface area is 106 Å². The number of carbonyl (C=O) groups is 1. The summed E-state index contributed by atoms with van der Waals surface area (Å²) in [5.74, 6) is -0.496. The standard InChI is InChI=1S/C10H16N2O5S/c1-7-8(2)11-17-10(7)12-18(14,15)6-4-5-9(13)16-3/h12H,4-6H2,1-3H3. The van der Waals surface area contributed by atoms with Crippen molar-refractivity contribution >= 4 is 21.9 Å². The van der Waals surface area contributed by atoms with Crippen LogP contribution in [-0.4, -0.2) is 32.4 Å². The van der Waals surface area contributed by atoms with Crippen LogP contribution in [0.3, 0.4) is 0 Å². The number of methoxy groups -OCH3 is 1. The molecule has 0 atom stereocenters. The molecule has 0 unspecified atom stereocenters. The summed E-state index contributed by atoms with van der Waals surface area (Å²) < 4.78 is 34.9. The number of hydrogen-bond donors (Lipinski definition) is 1. The summed E-state index contributed by atoms with van der Waals surface area (Å²) in [7, 11) is -2.28. The summed E-state index contributed by atoms with van der Waals surface area (Å²) in [4.78, 5) is 10.8. The van der Waals surface area contributed by atoms with Crippen LogP contribution in [-0.2, 0) is 19.6 Å². The number of nitrogens with zero attached hydrogens (tertiary/aromatic N) is 1. The van der Waals surface area contributed by atoms with Crippen LogP contribution in [0.2, 0.25) is 0 Å². The summed E-state index contributed by atoms with van der Waals surface area (Å²) >= 11 is 0. The van der Waals surface area contributed by atoms with Gasteiger partial charge in [-0.15, -0.1) is 0 Å². The number of sulfonamides is 1. The van der Waals surface area contributed by atoms with Gasteiger partial charge in [0, 0.05) is 12.0 Å². The predicted octanol–water partition coefficient (Wildman–Crippen LogP) is 0.986. The normalized spacial score (nSPS) is 11.3. The van der Waals surface area contributed by atoms with Gasteiger partial charge in [0.15, 0.2) is 0 Å². The molecule has 1 N–H and O–H groups in total.